The quantitative estimate of drug-likeness (QED) is 0.551. The first-order valence-corrected chi connectivity index (χ1v) is 5.04. The van der Waals surface area contributed by atoms with Gasteiger partial charge in [0, 0.05) is 0 Å². The van der Waals surface area contributed by atoms with Crippen molar-refractivity contribution in [2.75, 3.05) is 0 Å². The second-order valence-corrected chi connectivity index (χ2v) is 5.21. The first-order chi connectivity index (χ1) is 5.36. The Balaban J connectivity index is 1.89. The van der Waals surface area contributed by atoms with E-state index in [2.05, 4.69) is 0 Å². The van der Waals surface area contributed by atoms with E-state index in [9.17, 15) is 5.11 Å². The van der Waals surface area contributed by atoms with Crippen LogP contribution in [-0.4, -0.2) is 11.2 Å². The number of aliphatic hydroxyl groups excluding tert-OH is 1. The molecule has 11 heavy (non-hydrogen) atoms. The maximum absolute atomic E-state index is 9.81. The van der Waals surface area contributed by atoms with E-state index < -0.39 is 0 Å². The lowest BCUT2D eigenvalue weighted by atomic mass is 9.54. The zero-order chi connectivity index (χ0) is 7.16. The Morgan fingerprint density at radius 2 is 1.18 bits per heavy atom. The van der Waals surface area contributed by atoms with Crippen LogP contribution in [0, 0.1) is 35.5 Å². The predicted molar refractivity (Wildman–Crippen MR) is 40.8 cm³/mol. The highest BCUT2D eigenvalue weighted by atomic mass is 16.3. The molecular formula is C10H14O. The highest BCUT2D eigenvalue weighted by Gasteiger charge is 2.70. The minimum Gasteiger partial charge on any atom is -0.393 e. The summed E-state index contributed by atoms with van der Waals surface area (Å²) in [6.45, 7) is 0. The van der Waals surface area contributed by atoms with Gasteiger partial charge in [0.15, 0.2) is 0 Å². The van der Waals surface area contributed by atoms with Crippen molar-refractivity contribution in [1.82, 2.24) is 0 Å². The molecule has 0 heterocycles. The van der Waals surface area contributed by atoms with Gasteiger partial charge in [-0.3, -0.25) is 0 Å². The van der Waals surface area contributed by atoms with Crippen LogP contribution in [0.15, 0.2) is 0 Å². The van der Waals surface area contributed by atoms with E-state index >= 15 is 0 Å². The molecule has 6 aliphatic rings. The monoisotopic (exact) mass is 150 g/mol. The van der Waals surface area contributed by atoms with Gasteiger partial charge in [0.1, 0.15) is 0 Å². The summed E-state index contributed by atoms with van der Waals surface area (Å²) in [4.78, 5) is 0. The normalized spacial score (nSPS) is 75.5. The van der Waals surface area contributed by atoms with Crippen LogP contribution in [0.3, 0.4) is 0 Å². The summed E-state index contributed by atoms with van der Waals surface area (Å²) < 4.78 is 0. The Hall–Kier alpha value is -0.0400. The van der Waals surface area contributed by atoms with Crippen molar-refractivity contribution in [2.24, 2.45) is 35.5 Å². The topological polar surface area (TPSA) is 20.2 Å². The zero-order valence-corrected chi connectivity index (χ0v) is 6.61. The number of aliphatic hydroxyl groups is 1. The molecule has 0 aromatic heterocycles. The first kappa shape index (κ1) is 5.58. The van der Waals surface area contributed by atoms with E-state index in [1.165, 1.54) is 19.3 Å². The van der Waals surface area contributed by atoms with Crippen molar-refractivity contribution in [3.8, 4) is 0 Å². The van der Waals surface area contributed by atoms with E-state index in [1.54, 1.807) is 0 Å². The van der Waals surface area contributed by atoms with Gasteiger partial charge in [0.2, 0.25) is 0 Å². The summed E-state index contributed by atoms with van der Waals surface area (Å²) in [6.07, 6.45) is 4.55. The smallest absolute Gasteiger partial charge is 0.0607 e. The number of hydrogen-bond acceptors (Lipinski definition) is 1. The molecular weight excluding hydrogens is 136 g/mol. The Morgan fingerprint density at radius 3 is 1.64 bits per heavy atom. The molecule has 6 fully saturated rings. The van der Waals surface area contributed by atoms with Gasteiger partial charge in [-0.05, 0) is 54.8 Å². The minimum absolute atomic E-state index is 0.135. The summed E-state index contributed by atoms with van der Waals surface area (Å²) in [7, 11) is 0. The third-order valence-electron chi connectivity index (χ3n) is 5.13. The summed E-state index contributed by atoms with van der Waals surface area (Å²) in [5, 5.41) is 9.81. The van der Waals surface area contributed by atoms with Crippen LogP contribution in [0.5, 0.6) is 0 Å². The van der Waals surface area contributed by atoms with E-state index in [-0.39, 0.29) is 6.10 Å². The molecule has 0 spiro atoms. The molecule has 0 radical (unpaired) electrons. The van der Waals surface area contributed by atoms with Gasteiger partial charge in [-0.15, -0.1) is 0 Å². The molecule has 0 aromatic carbocycles. The second-order valence-electron chi connectivity index (χ2n) is 5.21. The number of rotatable bonds is 0. The highest BCUT2D eigenvalue weighted by molar-refractivity contribution is 5.18. The van der Waals surface area contributed by atoms with E-state index in [1.807, 2.05) is 0 Å². The molecule has 6 bridgehead atoms. The molecule has 0 amide bonds. The lowest BCUT2D eigenvalue weighted by molar-refractivity contribution is -0.144. The molecule has 60 valence electrons. The molecule has 1 heteroatoms. The van der Waals surface area contributed by atoms with E-state index in [4.69, 9.17) is 0 Å². The second kappa shape index (κ2) is 1.39. The molecule has 0 aliphatic heterocycles. The van der Waals surface area contributed by atoms with Gasteiger partial charge >= 0.3 is 0 Å². The van der Waals surface area contributed by atoms with Gasteiger partial charge in [-0.25, -0.2) is 0 Å². The van der Waals surface area contributed by atoms with E-state index in [0.717, 1.165) is 35.5 Å². The molecule has 6 rings (SSSR count). The summed E-state index contributed by atoms with van der Waals surface area (Å²) in [6, 6.07) is 0. The number of hydrogen-bond donors (Lipinski definition) is 1. The molecule has 1 nitrogen and oxygen atoms in total. The highest BCUT2D eigenvalue weighted by Crippen LogP contribution is 2.72. The molecule has 0 saturated heterocycles. The van der Waals surface area contributed by atoms with Gasteiger partial charge in [-0.1, -0.05) is 0 Å². The van der Waals surface area contributed by atoms with Crippen LogP contribution in [0.4, 0.5) is 0 Å². The molecule has 1 N–H and O–H groups in total. The van der Waals surface area contributed by atoms with Gasteiger partial charge in [0.05, 0.1) is 6.10 Å². The van der Waals surface area contributed by atoms with Crippen molar-refractivity contribution < 1.29 is 5.11 Å². The maximum Gasteiger partial charge on any atom is 0.0607 e. The fourth-order valence-electron chi connectivity index (χ4n) is 5.04. The molecule has 3 unspecified atom stereocenters. The van der Waals surface area contributed by atoms with Gasteiger partial charge in [-0.2, -0.15) is 0 Å². The van der Waals surface area contributed by atoms with E-state index in [0.29, 0.717) is 0 Å². The zero-order valence-electron chi connectivity index (χ0n) is 6.61. The Morgan fingerprint density at radius 1 is 0.727 bits per heavy atom. The van der Waals surface area contributed by atoms with Crippen molar-refractivity contribution in [3.63, 3.8) is 0 Å². The van der Waals surface area contributed by atoms with Crippen LogP contribution in [-0.2, 0) is 0 Å². The summed E-state index contributed by atoms with van der Waals surface area (Å²) in [5.74, 6) is 5.48. The fourth-order valence-corrected chi connectivity index (χ4v) is 5.04. The Bertz CT molecular complexity index is 201. The van der Waals surface area contributed by atoms with Crippen LogP contribution >= 0.6 is 0 Å². The van der Waals surface area contributed by atoms with Crippen molar-refractivity contribution in [1.29, 1.82) is 0 Å². The van der Waals surface area contributed by atoms with Gasteiger partial charge in [0.25, 0.3) is 0 Å². The lowest BCUT2D eigenvalue weighted by Gasteiger charge is -2.53. The predicted octanol–water partition coefficient (Wildman–Crippen LogP) is 1.27. The van der Waals surface area contributed by atoms with Gasteiger partial charge < -0.3 is 5.11 Å². The maximum atomic E-state index is 9.81. The average Bonchev–Trinajstić information content (AvgIpc) is 2.30. The summed E-state index contributed by atoms with van der Waals surface area (Å²) >= 11 is 0. The largest absolute Gasteiger partial charge is 0.393 e. The molecule has 6 saturated carbocycles. The summed E-state index contributed by atoms with van der Waals surface area (Å²) in [5.41, 5.74) is 0. The van der Waals surface area contributed by atoms with Crippen molar-refractivity contribution in [2.45, 2.75) is 25.4 Å². The first-order valence-electron chi connectivity index (χ1n) is 5.04. The molecule has 6 aliphatic carbocycles. The lowest BCUT2D eigenvalue weighted by Crippen LogP contribution is -2.55. The Kier molecular flexibility index (Phi) is 0.706. The third-order valence-corrected chi connectivity index (χ3v) is 5.13. The molecule has 0 aromatic rings. The molecule has 7 atom stereocenters. The van der Waals surface area contributed by atoms with Crippen LogP contribution in [0.25, 0.3) is 0 Å². The Labute approximate surface area is 66.8 Å². The average molecular weight is 150 g/mol. The SMILES string of the molecule is OC1[C@@H]2C3C4C[C@H]2C[C@@H](C4)[C@@H]13. The minimum atomic E-state index is 0.135. The van der Waals surface area contributed by atoms with Crippen LogP contribution in [0.1, 0.15) is 19.3 Å². The fraction of sp³-hybridized carbons (Fsp3) is 1.00. The third kappa shape index (κ3) is 0.395. The van der Waals surface area contributed by atoms with Crippen molar-refractivity contribution in [3.05, 3.63) is 0 Å². The standard InChI is InChI=1S/C10H14O/c11-10-8-5-1-4-2-6(3-5)9(10)7(4)8/h4-11H,1-3H2/t4?,5-,6+,7?,8-,9+,10?. The van der Waals surface area contributed by atoms with Crippen LogP contribution < -0.4 is 0 Å². The van der Waals surface area contributed by atoms with Crippen LogP contribution in [0.2, 0.25) is 0 Å². The van der Waals surface area contributed by atoms with Crippen molar-refractivity contribution >= 4 is 0 Å².